The van der Waals surface area contributed by atoms with Gasteiger partial charge in [0.1, 0.15) is 17.3 Å². The van der Waals surface area contributed by atoms with Gasteiger partial charge >= 0.3 is 7.82 Å². The molecule has 0 saturated carbocycles. The van der Waals surface area contributed by atoms with Gasteiger partial charge in [0.15, 0.2) is 0 Å². The highest BCUT2D eigenvalue weighted by molar-refractivity contribution is 7.46. The molecule has 0 aliphatic heterocycles. The number of anilines is 1. The summed E-state index contributed by atoms with van der Waals surface area (Å²) in [5.74, 6) is -0.769. The molecule has 1 aromatic heterocycles. The van der Waals surface area contributed by atoms with Crippen LogP contribution < -0.4 is 15.6 Å². The lowest BCUT2D eigenvalue weighted by Gasteiger charge is -2.15. The summed E-state index contributed by atoms with van der Waals surface area (Å²) in [5, 5.41) is 2.78. The van der Waals surface area contributed by atoms with Crippen LogP contribution >= 0.6 is 19.4 Å². The minimum Gasteiger partial charge on any atom is -0.456 e. The molecule has 32 heavy (non-hydrogen) atoms. The first-order chi connectivity index (χ1) is 15.0. The van der Waals surface area contributed by atoms with E-state index in [4.69, 9.17) is 26.1 Å². The van der Waals surface area contributed by atoms with Crippen molar-refractivity contribution in [2.75, 3.05) is 5.32 Å². The van der Waals surface area contributed by atoms with Crippen LogP contribution in [0.15, 0.2) is 53.5 Å². The zero-order chi connectivity index (χ0) is 23.5. The fourth-order valence-corrected chi connectivity index (χ4v) is 3.18. The molecular weight excluding hydrogens is 466 g/mol. The third kappa shape index (κ3) is 6.03. The highest BCUT2D eigenvalue weighted by Crippen LogP contribution is 2.37. The zero-order valence-electron chi connectivity index (χ0n) is 16.5. The molecule has 3 rings (SSSR count). The van der Waals surface area contributed by atoms with E-state index in [1.54, 1.807) is 6.92 Å². The third-order valence-corrected chi connectivity index (χ3v) is 4.93. The van der Waals surface area contributed by atoms with Crippen LogP contribution in [-0.2, 0) is 15.7 Å². The molecule has 0 radical (unpaired) electrons. The van der Waals surface area contributed by atoms with Gasteiger partial charge in [0, 0.05) is 17.3 Å². The van der Waals surface area contributed by atoms with Crippen LogP contribution in [-0.4, -0.2) is 20.7 Å². The average molecular weight is 483 g/mol. The fraction of sp³-hybridized carbons (Fsp3) is 0.100. The maximum atomic E-state index is 13.4. The zero-order valence-corrected chi connectivity index (χ0v) is 18.1. The van der Waals surface area contributed by atoms with E-state index in [-0.39, 0.29) is 27.6 Å². The number of aromatic nitrogens is 1. The number of amides is 1. The van der Waals surface area contributed by atoms with Crippen molar-refractivity contribution in [1.82, 2.24) is 4.98 Å². The number of nitrogens with one attached hydrogen (secondary N) is 2. The molecule has 0 spiro atoms. The van der Waals surface area contributed by atoms with Crippen LogP contribution in [0.5, 0.6) is 11.5 Å². The summed E-state index contributed by atoms with van der Waals surface area (Å²) in [6, 6.07) is 9.45. The first-order valence-electron chi connectivity index (χ1n) is 8.99. The molecule has 3 aromatic rings. The number of rotatable bonds is 7. The Morgan fingerprint density at radius 1 is 1.19 bits per heavy atom. The van der Waals surface area contributed by atoms with Crippen molar-refractivity contribution in [3.05, 3.63) is 86.5 Å². The van der Waals surface area contributed by atoms with Gasteiger partial charge in [-0.2, -0.15) is 0 Å². The molecule has 0 aliphatic rings. The molecule has 1 heterocycles. The van der Waals surface area contributed by atoms with Crippen LogP contribution in [0, 0.1) is 12.7 Å². The quantitative estimate of drug-likeness (QED) is 0.371. The second kappa shape index (κ2) is 9.64. The fourth-order valence-electron chi connectivity index (χ4n) is 2.72. The number of hydrogen-bond donors (Lipinski definition) is 4. The second-order valence-corrected chi connectivity index (χ2v) is 8.25. The number of phosphoric ester groups is 1. The molecule has 168 valence electrons. The number of pyridine rings is 1. The van der Waals surface area contributed by atoms with Crippen molar-refractivity contribution in [1.29, 1.82) is 0 Å². The summed E-state index contributed by atoms with van der Waals surface area (Å²) < 4.78 is 34.5. The van der Waals surface area contributed by atoms with Crippen LogP contribution in [0.1, 0.15) is 21.5 Å². The first-order valence-corrected chi connectivity index (χ1v) is 10.9. The van der Waals surface area contributed by atoms with Gasteiger partial charge in [-0.1, -0.05) is 11.6 Å². The molecule has 2 aromatic carbocycles. The smallest absolute Gasteiger partial charge is 0.456 e. The number of benzene rings is 2. The van der Waals surface area contributed by atoms with Crippen molar-refractivity contribution in [3.63, 3.8) is 0 Å². The highest BCUT2D eigenvalue weighted by Gasteiger charge is 2.20. The van der Waals surface area contributed by atoms with Gasteiger partial charge in [-0.05, 0) is 48.9 Å². The summed E-state index contributed by atoms with van der Waals surface area (Å²) in [7, 11) is -4.85. The molecule has 0 atom stereocenters. The van der Waals surface area contributed by atoms with E-state index in [9.17, 15) is 18.5 Å². The maximum absolute atomic E-state index is 13.4. The number of carbonyl (C=O) groups excluding carboxylic acids is 1. The number of hydrogen-bond acceptors (Lipinski definition) is 5. The maximum Gasteiger partial charge on any atom is 0.469 e. The SMILES string of the molecule is Cc1cc(F)ccc1Oc1cc(Cl)ccc1C(=O)Nc1cc[nH]c(=O)c1COP(=O)(O)O. The molecule has 1 amide bonds. The lowest BCUT2D eigenvalue weighted by molar-refractivity contribution is 0.102. The van der Waals surface area contributed by atoms with E-state index in [1.807, 2.05) is 0 Å². The van der Waals surface area contributed by atoms with Crippen molar-refractivity contribution in [2.24, 2.45) is 0 Å². The van der Waals surface area contributed by atoms with Gasteiger partial charge in [0.05, 0.1) is 23.4 Å². The van der Waals surface area contributed by atoms with Crippen LogP contribution in [0.25, 0.3) is 0 Å². The van der Waals surface area contributed by atoms with Crippen molar-refractivity contribution < 1.29 is 32.8 Å². The van der Waals surface area contributed by atoms with Gasteiger partial charge in [0.25, 0.3) is 11.5 Å². The lowest BCUT2D eigenvalue weighted by Crippen LogP contribution is -2.20. The number of H-pyrrole nitrogens is 1. The lowest BCUT2D eigenvalue weighted by atomic mass is 10.1. The van der Waals surface area contributed by atoms with Gasteiger partial charge in [0.2, 0.25) is 0 Å². The van der Waals surface area contributed by atoms with E-state index in [0.717, 1.165) is 0 Å². The van der Waals surface area contributed by atoms with E-state index in [1.165, 1.54) is 48.7 Å². The number of aryl methyl sites for hydroxylation is 1. The molecule has 0 unspecified atom stereocenters. The summed E-state index contributed by atoms with van der Waals surface area (Å²) in [6.45, 7) is 0.890. The molecule has 0 aliphatic carbocycles. The number of phosphoric acid groups is 1. The Labute approximate surface area is 186 Å². The summed E-state index contributed by atoms with van der Waals surface area (Å²) in [6.07, 6.45) is 1.25. The van der Waals surface area contributed by atoms with E-state index in [0.29, 0.717) is 11.3 Å². The molecule has 0 fully saturated rings. The van der Waals surface area contributed by atoms with Crippen molar-refractivity contribution >= 4 is 31.0 Å². The van der Waals surface area contributed by atoms with E-state index >= 15 is 0 Å². The van der Waals surface area contributed by atoms with Crippen molar-refractivity contribution in [2.45, 2.75) is 13.5 Å². The predicted molar refractivity (Wildman–Crippen MR) is 115 cm³/mol. The third-order valence-electron chi connectivity index (χ3n) is 4.23. The standard InChI is InChI=1S/C20H17ClFN2O7P/c1-11-8-13(22)3-5-17(11)31-18-9-12(21)2-4-14(18)20(26)24-16-6-7-23-19(25)15(16)10-30-32(27,28)29/h2-9H,10H2,1H3,(H2,27,28,29)(H2,23,24,25,26). The van der Waals surface area contributed by atoms with Crippen LogP contribution in [0.4, 0.5) is 10.1 Å². The van der Waals surface area contributed by atoms with E-state index < -0.39 is 31.7 Å². The topological polar surface area (TPSA) is 138 Å². The molecule has 4 N–H and O–H groups in total. The van der Waals surface area contributed by atoms with Gasteiger partial charge in [-0.15, -0.1) is 0 Å². The van der Waals surface area contributed by atoms with Gasteiger partial charge in [-0.25, -0.2) is 8.96 Å². The first kappa shape index (κ1) is 23.6. The van der Waals surface area contributed by atoms with Gasteiger partial charge in [-0.3, -0.25) is 14.1 Å². The Bertz CT molecular complexity index is 1280. The minimum atomic E-state index is -4.85. The molecule has 9 nitrogen and oxygen atoms in total. The Morgan fingerprint density at radius 2 is 1.94 bits per heavy atom. The summed E-state index contributed by atoms with van der Waals surface area (Å²) in [4.78, 5) is 45.2. The average Bonchev–Trinajstić information content (AvgIpc) is 2.69. The largest absolute Gasteiger partial charge is 0.469 e. The Balaban J connectivity index is 1.92. The number of aromatic amines is 1. The number of ether oxygens (including phenoxy) is 1. The predicted octanol–water partition coefficient (Wildman–Crippen LogP) is 4.13. The van der Waals surface area contributed by atoms with Crippen molar-refractivity contribution in [3.8, 4) is 11.5 Å². The number of halogens is 2. The normalized spacial score (nSPS) is 11.3. The molecule has 12 heteroatoms. The van der Waals surface area contributed by atoms with Gasteiger partial charge < -0.3 is 24.8 Å². The Kier molecular flexibility index (Phi) is 7.12. The van der Waals surface area contributed by atoms with E-state index in [2.05, 4.69) is 14.8 Å². The summed E-state index contributed by atoms with van der Waals surface area (Å²) >= 11 is 6.04. The molecule has 0 saturated heterocycles. The second-order valence-electron chi connectivity index (χ2n) is 6.57. The Hall–Kier alpha value is -3.01. The summed E-state index contributed by atoms with van der Waals surface area (Å²) in [5.41, 5.74) is -0.394. The monoisotopic (exact) mass is 482 g/mol. The Morgan fingerprint density at radius 3 is 2.62 bits per heavy atom. The molecule has 0 bridgehead atoms. The highest BCUT2D eigenvalue weighted by atomic mass is 35.5. The minimum absolute atomic E-state index is 0.0222. The molecular formula is C20H17ClFN2O7P. The number of carbonyl (C=O) groups is 1. The van der Waals surface area contributed by atoms with Crippen LogP contribution in [0.2, 0.25) is 5.02 Å². The van der Waals surface area contributed by atoms with Crippen LogP contribution in [0.3, 0.4) is 0 Å².